The normalized spacial score (nSPS) is 20.3. The van der Waals surface area contributed by atoms with Crippen LogP contribution in [0.5, 0.6) is 5.75 Å². The van der Waals surface area contributed by atoms with Crippen LogP contribution in [0, 0.1) is 5.92 Å². The Morgan fingerprint density at radius 1 is 1.14 bits per heavy atom. The highest BCUT2D eigenvalue weighted by molar-refractivity contribution is 6.31. The van der Waals surface area contributed by atoms with Gasteiger partial charge in [-0.2, -0.15) is 0 Å². The van der Waals surface area contributed by atoms with Crippen LogP contribution in [0.2, 0.25) is 5.02 Å². The molecule has 1 aliphatic heterocycles. The van der Waals surface area contributed by atoms with Crippen LogP contribution >= 0.6 is 11.6 Å². The summed E-state index contributed by atoms with van der Waals surface area (Å²) in [7, 11) is 1.70. The second-order valence-corrected chi connectivity index (χ2v) is 8.76. The lowest BCUT2D eigenvalue weighted by molar-refractivity contribution is 0.129. The van der Waals surface area contributed by atoms with E-state index in [1.54, 1.807) is 7.11 Å². The van der Waals surface area contributed by atoms with Crippen LogP contribution in [0.1, 0.15) is 33.1 Å². The van der Waals surface area contributed by atoms with Gasteiger partial charge in [-0.1, -0.05) is 18.5 Å². The van der Waals surface area contributed by atoms with Crippen molar-refractivity contribution >= 4 is 39.1 Å². The number of pyridine rings is 1. The quantitative estimate of drug-likeness (QED) is 0.400. The molecular formula is C24H30ClN3O. The van der Waals surface area contributed by atoms with Crippen molar-refractivity contribution in [2.45, 2.75) is 39.2 Å². The average Bonchev–Trinajstić information content (AvgIpc) is 2.71. The second-order valence-electron chi connectivity index (χ2n) is 8.33. The average molecular weight is 412 g/mol. The lowest BCUT2D eigenvalue weighted by atomic mass is 9.93. The van der Waals surface area contributed by atoms with E-state index < -0.39 is 0 Å². The molecule has 0 bridgehead atoms. The molecule has 4 rings (SSSR count). The zero-order chi connectivity index (χ0) is 20.4. The molecule has 0 saturated carbocycles. The van der Waals surface area contributed by atoms with Crippen molar-refractivity contribution in [1.82, 2.24) is 9.88 Å². The molecule has 29 heavy (non-hydrogen) atoms. The first-order chi connectivity index (χ1) is 14.0. The standard InChI is InChI=1S/C24H30ClN3O/c1-16-9-12-28(17(2)13-16)11-4-10-26-24-20-7-5-18(25)14-23(20)27-22-8-6-19(29-3)15-21(22)24/h5-8,14-17H,4,9-13H2,1-3H3,(H,26,27). The van der Waals surface area contributed by atoms with Gasteiger partial charge in [-0.15, -0.1) is 0 Å². The molecule has 1 aliphatic rings. The molecule has 2 aromatic carbocycles. The van der Waals surface area contributed by atoms with Gasteiger partial charge in [0.15, 0.2) is 0 Å². The molecule has 1 aromatic heterocycles. The number of nitrogens with zero attached hydrogens (tertiary/aromatic N) is 2. The molecule has 1 fully saturated rings. The van der Waals surface area contributed by atoms with Gasteiger partial charge in [-0.25, -0.2) is 4.98 Å². The minimum Gasteiger partial charge on any atom is -0.497 e. The number of halogens is 1. The van der Waals surface area contributed by atoms with Crippen LogP contribution in [-0.2, 0) is 0 Å². The van der Waals surface area contributed by atoms with E-state index in [0.717, 1.165) is 58.7 Å². The van der Waals surface area contributed by atoms with E-state index >= 15 is 0 Å². The van der Waals surface area contributed by atoms with Crippen LogP contribution in [0.15, 0.2) is 36.4 Å². The highest BCUT2D eigenvalue weighted by Crippen LogP contribution is 2.34. The fourth-order valence-corrected chi connectivity index (χ4v) is 4.66. The number of likely N-dealkylation sites (tertiary alicyclic amines) is 1. The SMILES string of the molecule is COc1ccc2nc3cc(Cl)ccc3c(NCCCN3CCC(C)CC3C)c2c1. The zero-order valence-corrected chi connectivity index (χ0v) is 18.3. The van der Waals surface area contributed by atoms with Crippen LogP contribution < -0.4 is 10.1 Å². The van der Waals surface area contributed by atoms with Crippen molar-refractivity contribution in [3.8, 4) is 5.75 Å². The molecule has 1 N–H and O–H groups in total. The van der Waals surface area contributed by atoms with Gasteiger partial charge in [0.05, 0.1) is 23.8 Å². The Labute approximate surface area is 178 Å². The number of anilines is 1. The number of rotatable bonds is 6. The van der Waals surface area contributed by atoms with Gasteiger partial charge in [-0.3, -0.25) is 0 Å². The predicted molar refractivity (Wildman–Crippen MR) is 123 cm³/mol. The third kappa shape index (κ3) is 4.44. The van der Waals surface area contributed by atoms with E-state index in [9.17, 15) is 0 Å². The highest BCUT2D eigenvalue weighted by Gasteiger charge is 2.22. The first kappa shape index (κ1) is 20.2. The Bertz CT molecular complexity index is 1010. The lowest BCUT2D eigenvalue weighted by Gasteiger charge is -2.36. The third-order valence-corrected chi connectivity index (χ3v) is 6.38. The minimum absolute atomic E-state index is 0.688. The van der Waals surface area contributed by atoms with Gasteiger partial charge >= 0.3 is 0 Å². The Morgan fingerprint density at radius 3 is 2.79 bits per heavy atom. The Kier molecular flexibility index (Phi) is 6.12. The summed E-state index contributed by atoms with van der Waals surface area (Å²) in [5, 5.41) is 6.58. The smallest absolute Gasteiger partial charge is 0.119 e. The number of hydrogen-bond donors (Lipinski definition) is 1. The van der Waals surface area contributed by atoms with Crippen molar-refractivity contribution in [2.24, 2.45) is 5.92 Å². The summed E-state index contributed by atoms with van der Waals surface area (Å²) in [6.07, 6.45) is 3.74. The predicted octanol–water partition coefficient (Wildman–Crippen LogP) is 5.97. The molecule has 2 heterocycles. The number of hydrogen-bond acceptors (Lipinski definition) is 4. The third-order valence-electron chi connectivity index (χ3n) is 6.14. The van der Waals surface area contributed by atoms with Crippen molar-refractivity contribution < 1.29 is 4.74 Å². The Hall–Kier alpha value is -2.04. The summed E-state index contributed by atoms with van der Waals surface area (Å²) in [6.45, 7) is 8.02. The first-order valence-corrected chi connectivity index (χ1v) is 11.0. The molecule has 2 atom stereocenters. The van der Waals surface area contributed by atoms with Gasteiger partial charge in [0.2, 0.25) is 0 Å². The van der Waals surface area contributed by atoms with Crippen LogP contribution in [0.4, 0.5) is 5.69 Å². The monoisotopic (exact) mass is 411 g/mol. The van der Waals surface area contributed by atoms with Gasteiger partial charge < -0.3 is 15.0 Å². The Balaban J connectivity index is 1.56. The molecule has 0 radical (unpaired) electrons. The largest absolute Gasteiger partial charge is 0.497 e. The molecule has 4 nitrogen and oxygen atoms in total. The minimum atomic E-state index is 0.688. The molecule has 5 heteroatoms. The van der Waals surface area contributed by atoms with Gasteiger partial charge in [0, 0.05) is 34.9 Å². The van der Waals surface area contributed by atoms with E-state index in [2.05, 4.69) is 36.2 Å². The summed E-state index contributed by atoms with van der Waals surface area (Å²) < 4.78 is 5.45. The van der Waals surface area contributed by atoms with Crippen LogP contribution in [0.3, 0.4) is 0 Å². The van der Waals surface area contributed by atoms with E-state index in [1.807, 2.05) is 24.3 Å². The molecule has 1 saturated heterocycles. The number of nitrogens with one attached hydrogen (secondary N) is 1. The number of aromatic nitrogens is 1. The Morgan fingerprint density at radius 2 is 2.00 bits per heavy atom. The molecule has 154 valence electrons. The molecule has 2 unspecified atom stereocenters. The van der Waals surface area contributed by atoms with Crippen molar-refractivity contribution in [3.63, 3.8) is 0 Å². The maximum absolute atomic E-state index is 6.22. The molecule has 3 aromatic rings. The van der Waals surface area contributed by atoms with Crippen molar-refractivity contribution in [3.05, 3.63) is 41.4 Å². The summed E-state index contributed by atoms with van der Waals surface area (Å²) in [4.78, 5) is 7.44. The van der Waals surface area contributed by atoms with Crippen LogP contribution in [-0.4, -0.2) is 42.7 Å². The fourth-order valence-electron chi connectivity index (χ4n) is 4.50. The maximum Gasteiger partial charge on any atom is 0.119 e. The maximum atomic E-state index is 6.22. The highest BCUT2D eigenvalue weighted by atomic mass is 35.5. The van der Waals surface area contributed by atoms with Gasteiger partial charge in [0.25, 0.3) is 0 Å². The summed E-state index contributed by atoms with van der Waals surface area (Å²) >= 11 is 6.22. The van der Waals surface area contributed by atoms with E-state index in [0.29, 0.717) is 11.1 Å². The first-order valence-electron chi connectivity index (χ1n) is 10.6. The summed E-state index contributed by atoms with van der Waals surface area (Å²) in [5.41, 5.74) is 2.97. The van der Waals surface area contributed by atoms with Gasteiger partial charge in [-0.05, 0) is 75.0 Å². The van der Waals surface area contributed by atoms with Crippen molar-refractivity contribution in [1.29, 1.82) is 0 Å². The fraction of sp³-hybridized carbons (Fsp3) is 0.458. The molecule has 0 spiro atoms. The van der Waals surface area contributed by atoms with E-state index in [1.165, 1.54) is 19.4 Å². The van der Waals surface area contributed by atoms with E-state index in [4.69, 9.17) is 21.3 Å². The summed E-state index contributed by atoms with van der Waals surface area (Å²) in [6, 6.07) is 12.6. The number of benzene rings is 2. The van der Waals surface area contributed by atoms with Crippen molar-refractivity contribution in [2.75, 3.05) is 32.1 Å². The van der Waals surface area contributed by atoms with Gasteiger partial charge in [0.1, 0.15) is 5.75 Å². The zero-order valence-electron chi connectivity index (χ0n) is 17.5. The topological polar surface area (TPSA) is 37.4 Å². The number of piperidine rings is 1. The lowest BCUT2D eigenvalue weighted by Crippen LogP contribution is -2.41. The molecule has 0 aliphatic carbocycles. The number of methoxy groups -OCH3 is 1. The van der Waals surface area contributed by atoms with Crippen LogP contribution in [0.25, 0.3) is 21.8 Å². The number of fused-ring (bicyclic) bond motifs is 2. The summed E-state index contributed by atoms with van der Waals surface area (Å²) in [5.74, 6) is 1.70. The molecular weight excluding hydrogens is 382 g/mol. The number of ether oxygens (including phenoxy) is 1. The second kappa shape index (κ2) is 8.76. The molecule has 0 amide bonds. The van der Waals surface area contributed by atoms with E-state index in [-0.39, 0.29) is 0 Å².